The third-order valence-electron chi connectivity index (χ3n) is 6.52. The second-order valence-corrected chi connectivity index (χ2v) is 10.6. The van der Waals surface area contributed by atoms with Crippen LogP contribution in [0.1, 0.15) is 39.9 Å². The lowest BCUT2D eigenvalue weighted by molar-refractivity contribution is -0.137. The Kier molecular flexibility index (Phi) is 8.14. The molecule has 0 spiro atoms. The fourth-order valence-electron chi connectivity index (χ4n) is 4.52. The minimum absolute atomic E-state index is 0.0442. The number of halogens is 3. The number of aromatic nitrogens is 4. The number of nitrogens with one attached hydrogen (secondary N) is 2. The molecule has 2 aromatic carbocycles. The number of likely N-dealkylation sites (tertiary alicyclic amines) is 1. The predicted molar refractivity (Wildman–Crippen MR) is 147 cm³/mol. The minimum atomic E-state index is -4.56. The lowest BCUT2D eigenvalue weighted by Crippen LogP contribution is -2.20. The van der Waals surface area contributed by atoms with Crippen molar-refractivity contribution in [3.8, 4) is 16.3 Å². The number of rotatable bonds is 9. The van der Waals surface area contributed by atoms with Crippen molar-refractivity contribution in [2.24, 2.45) is 0 Å². The van der Waals surface area contributed by atoms with Crippen LogP contribution in [-0.2, 0) is 17.5 Å². The molecule has 0 atom stereocenters. The van der Waals surface area contributed by atoms with E-state index in [0.717, 1.165) is 48.5 Å². The number of alkyl halides is 3. The highest BCUT2D eigenvalue weighted by molar-refractivity contribution is 7.18. The second kappa shape index (κ2) is 11.7. The molecular formula is C27H28F3N7O2S. The van der Waals surface area contributed by atoms with Gasteiger partial charge >= 0.3 is 6.18 Å². The number of carbonyl (C=O) groups excluding carboxylic acids is 1. The van der Waals surface area contributed by atoms with E-state index >= 15 is 0 Å². The molecule has 2 N–H and O–H groups in total. The summed E-state index contributed by atoms with van der Waals surface area (Å²) in [4.78, 5) is 20.3. The number of thiazole rings is 1. The first-order chi connectivity index (χ1) is 19.2. The van der Waals surface area contributed by atoms with Gasteiger partial charge < -0.3 is 15.4 Å². The minimum Gasteiger partial charge on any atom is -0.365 e. The summed E-state index contributed by atoms with van der Waals surface area (Å²) in [5.41, 5.74) is 2.15. The number of amides is 1. The molecule has 1 aliphatic heterocycles. The first kappa shape index (κ1) is 27.7. The molecule has 1 fully saturated rings. The number of hydrogen-bond donors (Lipinski definition) is 2. The Labute approximate surface area is 233 Å². The quantitative estimate of drug-likeness (QED) is 0.253. The first-order valence-corrected chi connectivity index (χ1v) is 13.5. The van der Waals surface area contributed by atoms with Crippen molar-refractivity contribution in [3.05, 3.63) is 71.0 Å². The number of nitrogens with zero attached hydrogens (tertiary/aromatic N) is 5. The first-order valence-electron chi connectivity index (χ1n) is 12.7. The number of benzene rings is 2. The summed E-state index contributed by atoms with van der Waals surface area (Å²) >= 11 is 1.40. The standard InChI is InChI=1S/C27H28F3N7O2S/c1-17-5-6-21(12-23(17)37-15-22(34-35-37)24-13-31-26(40-24)32-16-39-2)33-25(38)19-9-18(14-36-7-3-4-8-36)10-20(11-19)27(28,29)30/h5-6,9-13,15H,3-4,7-8,14,16H2,1-2H3,(H,31,32)(H,33,38). The van der Waals surface area contributed by atoms with Gasteiger partial charge in [0.15, 0.2) is 5.13 Å². The van der Waals surface area contributed by atoms with E-state index in [0.29, 0.717) is 41.0 Å². The van der Waals surface area contributed by atoms with Gasteiger partial charge in [-0.25, -0.2) is 9.67 Å². The van der Waals surface area contributed by atoms with Crippen LogP contribution in [-0.4, -0.2) is 57.7 Å². The van der Waals surface area contributed by atoms with Crippen LogP contribution in [0.25, 0.3) is 16.3 Å². The summed E-state index contributed by atoms with van der Waals surface area (Å²) in [5, 5.41) is 14.9. The van der Waals surface area contributed by atoms with E-state index in [1.807, 2.05) is 6.92 Å². The summed E-state index contributed by atoms with van der Waals surface area (Å²) in [6.07, 6.45) is 0.918. The molecular weight excluding hydrogens is 543 g/mol. The number of carbonyl (C=O) groups is 1. The van der Waals surface area contributed by atoms with Gasteiger partial charge in [0.1, 0.15) is 12.4 Å². The SMILES string of the molecule is COCNc1ncc(-c2cn(-c3cc(NC(=O)c4cc(CN5CCCC5)cc(C(F)(F)F)c4)ccc3C)nn2)s1. The smallest absolute Gasteiger partial charge is 0.365 e. The van der Waals surface area contributed by atoms with E-state index in [1.165, 1.54) is 17.4 Å². The zero-order chi connectivity index (χ0) is 28.3. The van der Waals surface area contributed by atoms with Crippen LogP contribution in [0.2, 0.25) is 0 Å². The molecule has 9 nitrogen and oxygen atoms in total. The Balaban J connectivity index is 1.36. The van der Waals surface area contributed by atoms with E-state index in [2.05, 4.69) is 30.8 Å². The van der Waals surface area contributed by atoms with Crippen LogP contribution in [0.3, 0.4) is 0 Å². The molecule has 0 bridgehead atoms. The fourth-order valence-corrected chi connectivity index (χ4v) is 5.27. The van der Waals surface area contributed by atoms with E-state index in [1.54, 1.807) is 42.4 Å². The van der Waals surface area contributed by atoms with Crippen LogP contribution >= 0.6 is 11.3 Å². The second-order valence-electron chi connectivity index (χ2n) is 9.54. The molecule has 1 saturated heterocycles. The van der Waals surface area contributed by atoms with Crippen LogP contribution < -0.4 is 10.6 Å². The average Bonchev–Trinajstić information content (AvgIpc) is 3.70. The van der Waals surface area contributed by atoms with Gasteiger partial charge in [-0.05, 0) is 74.3 Å². The summed E-state index contributed by atoms with van der Waals surface area (Å²) < 4.78 is 47.5. The summed E-state index contributed by atoms with van der Waals surface area (Å²) in [7, 11) is 1.58. The maximum Gasteiger partial charge on any atom is 0.416 e. The molecule has 0 unspecified atom stereocenters. The molecule has 2 aromatic heterocycles. The third kappa shape index (κ3) is 6.49. The van der Waals surface area contributed by atoms with E-state index in [-0.39, 0.29) is 5.56 Å². The number of ether oxygens (including phenoxy) is 1. The average molecular weight is 572 g/mol. The molecule has 13 heteroatoms. The Morgan fingerprint density at radius 1 is 1.15 bits per heavy atom. The van der Waals surface area contributed by atoms with Gasteiger partial charge in [-0.2, -0.15) is 13.2 Å². The van der Waals surface area contributed by atoms with E-state index < -0.39 is 17.6 Å². The van der Waals surface area contributed by atoms with Crippen molar-refractivity contribution < 1.29 is 22.7 Å². The Bertz CT molecular complexity index is 1500. The van der Waals surface area contributed by atoms with Gasteiger partial charge in [-0.3, -0.25) is 9.69 Å². The van der Waals surface area contributed by atoms with Crippen molar-refractivity contribution in [1.82, 2.24) is 24.9 Å². The highest BCUT2D eigenvalue weighted by Gasteiger charge is 2.32. The van der Waals surface area contributed by atoms with Gasteiger partial charge in [0.05, 0.1) is 22.3 Å². The monoisotopic (exact) mass is 571 g/mol. The molecule has 5 rings (SSSR count). The number of aryl methyl sites for hydroxylation is 1. The van der Waals surface area contributed by atoms with Crippen LogP contribution in [0.4, 0.5) is 24.0 Å². The fraction of sp³-hybridized carbons (Fsp3) is 0.333. The molecule has 0 radical (unpaired) electrons. The topological polar surface area (TPSA) is 97.2 Å². The predicted octanol–water partition coefficient (Wildman–Crippen LogP) is 5.58. The summed E-state index contributed by atoms with van der Waals surface area (Å²) in [6.45, 7) is 4.26. The van der Waals surface area contributed by atoms with Crippen molar-refractivity contribution >= 4 is 28.1 Å². The molecule has 1 aliphatic rings. The number of anilines is 2. The molecule has 1 amide bonds. The number of methoxy groups -OCH3 is 1. The Hall–Kier alpha value is -3.81. The van der Waals surface area contributed by atoms with Gasteiger partial charge in [-0.15, -0.1) is 5.10 Å². The molecule has 0 aliphatic carbocycles. The highest BCUT2D eigenvalue weighted by Crippen LogP contribution is 2.32. The van der Waals surface area contributed by atoms with Crippen LogP contribution in [0, 0.1) is 6.92 Å². The lowest BCUT2D eigenvalue weighted by Gasteiger charge is -2.17. The molecule has 210 valence electrons. The molecule has 0 saturated carbocycles. The maximum atomic E-state index is 13.6. The van der Waals surface area contributed by atoms with Gasteiger partial charge in [0.2, 0.25) is 0 Å². The Morgan fingerprint density at radius 2 is 1.95 bits per heavy atom. The summed E-state index contributed by atoms with van der Waals surface area (Å²) in [5.74, 6) is -0.622. The molecule has 3 heterocycles. The molecule has 4 aromatic rings. The molecule has 40 heavy (non-hydrogen) atoms. The highest BCUT2D eigenvalue weighted by atomic mass is 32.1. The number of hydrogen-bond acceptors (Lipinski definition) is 8. The van der Waals surface area contributed by atoms with Crippen LogP contribution in [0.5, 0.6) is 0 Å². The zero-order valence-electron chi connectivity index (χ0n) is 22.0. The van der Waals surface area contributed by atoms with Crippen molar-refractivity contribution in [2.75, 3.05) is 37.6 Å². The lowest BCUT2D eigenvalue weighted by atomic mass is 10.0. The maximum absolute atomic E-state index is 13.6. The third-order valence-corrected chi connectivity index (χ3v) is 7.50. The summed E-state index contributed by atoms with van der Waals surface area (Å²) in [6, 6.07) is 8.77. The van der Waals surface area contributed by atoms with Gasteiger partial charge in [-0.1, -0.05) is 22.6 Å². The largest absolute Gasteiger partial charge is 0.416 e. The van der Waals surface area contributed by atoms with E-state index in [4.69, 9.17) is 4.74 Å². The normalized spacial score (nSPS) is 14.0. The van der Waals surface area contributed by atoms with Gasteiger partial charge in [0, 0.05) is 31.1 Å². The Morgan fingerprint density at radius 3 is 2.70 bits per heavy atom. The van der Waals surface area contributed by atoms with Crippen molar-refractivity contribution in [3.63, 3.8) is 0 Å². The van der Waals surface area contributed by atoms with Crippen molar-refractivity contribution in [1.29, 1.82) is 0 Å². The van der Waals surface area contributed by atoms with Gasteiger partial charge in [0.25, 0.3) is 5.91 Å². The van der Waals surface area contributed by atoms with E-state index in [9.17, 15) is 18.0 Å². The van der Waals surface area contributed by atoms with Crippen molar-refractivity contribution in [2.45, 2.75) is 32.5 Å². The zero-order valence-corrected chi connectivity index (χ0v) is 22.8. The van der Waals surface area contributed by atoms with Crippen LogP contribution in [0.15, 0.2) is 48.8 Å².